The maximum atomic E-state index is 12.8. The monoisotopic (exact) mass is 373 g/mol. The number of aromatic nitrogens is 1. The topological polar surface area (TPSA) is 80.2 Å². The summed E-state index contributed by atoms with van der Waals surface area (Å²) in [5, 5.41) is 5.35. The Morgan fingerprint density at radius 2 is 1.88 bits per heavy atom. The molecule has 0 unspecified atom stereocenters. The van der Waals surface area contributed by atoms with Crippen molar-refractivity contribution in [1.29, 1.82) is 0 Å². The third-order valence-electron chi connectivity index (χ3n) is 4.50. The van der Waals surface area contributed by atoms with Crippen LogP contribution in [0.1, 0.15) is 44.6 Å². The van der Waals surface area contributed by atoms with Crippen LogP contribution in [0, 0.1) is 0 Å². The number of hydrogen-bond donors (Lipinski definition) is 2. The van der Waals surface area contributed by atoms with E-state index < -0.39 is 35.3 Å². The zero-order chi connectivity index (χ0) is 19.4. The second-order valence-corrected chi connectivity index (χ2v) is 6.40. The predicted molar refractivity (Wildman–Crippen MR) is 88.3 cm³/mol. The Bertz CT molecular complexity index is 722. The zero-order valence-electron chi connectivity index (χ0n) is 14.5. The minimum atomic E-state index is -4.79. The van der Waals surface area contributed by atoms with Gasteiger partial charge in [-0.2, -0.15) is 13.2 Å². The average molecular weight is 373 g/mol. The van der Waals surface area contributed by atoms with Gasteiger partial charge in [-0.05, 0) is 31.9 Å². The smallest absolute Gasteiger partial charge is 0.354 e. The van der Waals surface area contributed by atoms with E-state index in [0.29, 0.717) is 30.0 Å². The molecule has 2 amide bonds. The quantitative estimate of drug-likeness (QED) is 0.826. The molecule has 1 aliphatic rings. The number of likely N-dealkylation sites (N-methyl/N-ethyl adjacent to an activating group) is 1. The van der Waals surface area contributed by atoms with Crippen LogP contribution in [0.2, 0.25) is 0 Å². The van der Waals surface area contributed by atoms with Crippen LogP contribution in [0.15, 0.2) is 23.1 Å². The van der Waals surface area contributed by atoms with E-state index in [4.69, 9.17) is 0 Å². The maximum Gasteiger partial charge on any atom is 0.421 e. The third-order valence-corrected chi connectivity index (χ3v) is 4.50. The molecule has 144 valence electrons. The highest BCUT2D eigenvalue weighted by molar-refractivity contribution is 5.91. The number of pyridine rings is 1. The fourth-order valence-corrected chi connectivity index (χ4v) is 3.23. The van der Waals surface area contributed by atoms with Crippen molar-refractivity contribution in [2.75, 3.05) is 6.54 Å². The van der Waals surface area contributed by atoms with Gasteiger partial charge in [-0.25, -0.2) is 0 Å². The summed E-state index contributed by atoms with van der Waals surface area (Å²) in [6.45, 7) is 1.59. The molecule has 2 N–H and O–H groups in total. The van der Waals surface area contributed by atoms with E-state index >= 15 is 0 Å². The molecular formula is C17H22F3N3O3. The molecule has 26 heavy (non-hydrogen) atoms. The van der Waals surface area contributed by atoms with Crippen molar-refractivity contribution < 1.29 is 22.8 Å². The van der Waals surface area contributed by atoms with Gasteiger partial charge in [0, 0.05) is 12.7 Å². The summed E-state index contributed by atoms with van der Waals surface area (Å²) < 4.78 is 39.2. The van der Waals surface area contributed by atoms with Gasteiger partial charge in [0.25, 0.3) is 5.56 Å². The first-order valence-corrected chi connectivity index (χ1v) is 8.55. The van der Waals surface area contributed by atoms with Crippen LogP contribution >= 0.6 is 0 Å². The molecule has 1 fully saturated rings. The number of nitrogens with zero attached hydrogens (tertiary/aromatic N) is 1. The Kier molecular flexibility index (Phi) is 6.09. The molecule has 0 bridgehead atoms. The van der Waals surface area contributed by atoms with Crippen molar-refractivity contribution in [2.24, 2.45) is 0 Å². The van der Waals surface area contributed by atoms with Crippen LogP contribution < -0.4 is 16.2 Å². The fraction of sp³-hybridized carbons (Fsp3) is 0.588. The van der Waals surface area contributed by atoms with Gasteiger partial charge in [-0.3, -0.25) is 14.4 Å². The van der Waals surface area contributed by atoms with Crippen LogP contribution in [0.3, 0.4) is 0 Å². The SMILES string of the molecule is CCNC(=O)C1(NC(=O)Cn2cccc(C(F)(F)F)c2=O)CCCCC1. The molecule has 9 heteroatoms. The number of alkyl halides is 3. The molecule has 0 aliphatic heterocycles. The second-order valence-electron chi connectivity index (χ2n) is 6.40. The fourth-order valence-electron chi connectivity index (χ4n) is 3.23. The van der Waals surface area contributed by atoms with Gasteiger partial charge in [-0.15, -0.1) is 0 Å². The van der Waals surface area contributed by atoms with E-state index in [-0.39, 0.29) is 5.91 Å². The summed E-state index contributed by atoms with van der Waals surface area (Å²) in [4.78, 5) is 36.7. The first-order valence-electron chi connectivity index (χ1n) is 8.55. The lowest BCUT2D eigenvalue weighted by Gasteiger charge is -2.36. The Morgan fingerprint density at radius 3 is 2.46 bits per heavy atom. The van der Waals surface area contributed by atoms with Crippen molar-refractivity contribution in [3.05, 3.63) is 34.2 Å². The predicted octanol–water partition coefficient (Wildman–Crippen LogP) is 1.82. The number of hydrogen-bond acceptors (Lipinski definition) is 3. The first-order chi connectivity index (χ1) is 12.2. The molecule has 0 saturated heterocycles. The zero-order valence-corrected chi connectivity index (χ0v) is 14.5. The lowest BCUT2D eigenvalue weighted by atomic mass is 9.80. The number of amides is 2. The summed E-state index contributed by atoms with van der Waals surface area (Å²) in [7, 11) is 0. The van der Waals surface area contributed by atoms with Gasteiger partial charge in [-0.1, -0.05) is 19.3 Å². The normalized spacial score (nSPS) is 16.8. The lowest BCUT2D eigenvalue weighted by Crippen LogP contribution is -2.60. The number of carbonyl (C=O) groups excluding carboxylic acids is 2. The highest BCUT2D eigenvalue weighted by Gasteiger charge is 2.40. The number of nitrogens with one attached hydrogen (secondary N) is 2. The number of rotatable bonds is 5. The Balaban J connectivity index is 2.19. The Labute approximate surface area is 148 Å². The first kappa shape index (κ1) is 20.0. The molecule has 1 saturated carbocycles. The minimum Gasteiger partial charge on any atom is -0.354 e. The van der Waals surface area contributed by atoms with Crippen LogP contribution in [-0.4, -0.2) is 28.5 Å². The molecule has 2 rings (SSSR count). The highest BCUT2D eigenvalue weighted by atomic mass is 19.4. The van der Waals surface area contributed by atoms with Crippen LogP contribution in [0.4, 0.5) is 13.2 Å². The van der Waals surface area contributed by atoms with Crippen molar-refractivity contribution in [3.63, 3.8) is 0 Å². The maximum absolute atomic E-state index is 12.8. The number of halogens is 3. The minimum absolute atomic E-state index is 0.301. The van der Waals surface area contributed by atoms with Gasteiger partial charge >= 0.3 is 6.18 Å². The Hall–Kier alpha value is -2.32. The van der Waals surface area contributed by atoms with Gasteiger partial charge in [0.2, 0.25) is 11.8 Å². The standard InChI is InChI=1S/C17H22F3N3O3/c1-2-21-15(26)16(8-4-3-5-9-16)22-13(24)11-23-10-6-7-12(14(23)25)17(18,19)20/h6-7,10H,2-5,8-9,11H2,1H3,(H,21,26)(H,22,24). The second kappa shape index (κ2) is 7.92. The molecule has 0 spiro atoms. The molecule has 6 nitrogen and oxygen atoms in total. The van der Waals surface area contributed by atoms with Crippen molar-refractivity contribution in [1.82, 2.24) is 15.2 Å². The van der Waals surface area contributed by atoms with Crippen molar-refractivity contribution in [2.45, 2.75) is 57.3 Å². The van der Waals surface area contributed by atoms with Crippen LogP contribution in [0.25, 0.3) is 0 Å². The summed E-state index contributed by atoms with van der Waals surface area (Å²) >= 11 is 0. The van der Waals surface area contributed by atoms with Crippen LogP contribution in [-0.2, 0) is 22.3 Å². The average Bonchev–Trinajstić information content (AvgIpc) is 2.56. The van der Waals surface area contributed by atoms with E-state index in [2.05, 4.69) is 10.6 Å². The molecular weight excluding hydrogens is 351 g/mol. The van der Waals surface area contributed by atoms with E-state index in [9.17, 15) is 27.6 Å². The summed E-state index contributed by atoms with van der Waals surface area (Å²) in [6, 6.07) is 1.74. The summed E-state index contributed by atoms with van der Waals surface area (Å²) in [5.74, 6) is -0.969. The molecule has 1 aliphatic carbocycles. The number of carbonyl (C=O) groups is 2. The van der Waals surface area contributed by atoms with Gasteiger partial charge in [0.05, 0.1) is 0 Å². The summed E-state index contributed by atoms with van der Waals surface area (Å²) in [5.41, 5.74) is -3.69. The molecule has 0 aromatic carbocycles. The van der Waals surface area contributed by atoms with E-state index in [0.717, 1.165) is 31.5 Å². The lowest BCUT2D eigenvalue weighted by molar-refractivity contribution is -0.139. The van der Waals surface area contributed by atoms with Crippen molar-refractivity contribution >= 4 is 11.8 Å². The summed E-state index contributed by atoms with van der Waals surface area (Å²) in [6.07, 6.45) is -0.269. The van der Waals surface area contributed by atoms with Crippen molar-refractivity contribution in [3.8, 4) is 0 Å². The highest BCUT2D eigenvalue weighted by Crippen LogP contribution is 2.29. The van der Waals surface area contributed by atoms with Crippen LogP contribution in [0.5, 0.6) is 0 Å². The van der Waals surface area contributed by atoms with E-state index in [1.165, 1.54) is 0 Å². The molecule has 1 heterocycles. The molecule has 1 aromatic rings. The molecule has 0 radical (unpaired) electrons. The van der Waals surface area contributed by atoms with Gasteiger partial charge in [0.1, 0.15) is 17.6 Å². The molecule has 0 atom stereocenters. The van der Waals surface area contributed by atoms with E-state index in [1.54, 1.807) is 6.92 Å². The largest absolute Gasteiger partial charge is 0.421 e. The van der Waals surface area contributed by atoms with Gasteiger partial charge < -0.3 is 15.2 Å². The molecule has 1 aromatic heterocycles. The third kappa shape index (κ3) is 4.44. The Morgan fingerprint density at radius 1 is 1.23 bits per heavy atom. The van der Waals surface area contributed by atoms with E-state index in [1.807, 2.05) is 0 Å². The van der Waals surface area contributed by atoms with Gasteiger partial charge in [0.15, 0.2) is 0 Å².